The summed E-state index contributed by atoms with van der Waals surface area (Å²) in [5, 5.41) is 0.881. The number of hydrogen-bond donors (Lipinski definition) is 0. The molecule has 0 radical (unpaired) electrons. The molecule has 1 unspecified atom stereocenters. The van der Waals surface area contributed by atoms with Crippen LogP contribution in [0.1, 0.15) is 13.3 Å². The summed E-state index contributed by atoms with van der Waals surface area (Å²) in [6.45, 7) is 1.80. The van der Waals surface area contributed by atoms with E-state index in [9.17, 15) is 13.0 Å². The molecule has 10 nitrogen and oxygen atoms in total. The van der Waals surface area contributed by atoms with Crippen molar-refractivity contribution < 1.29 is 61.5 Å². The van der Waals surface area contributed by atoms with Crippen molar-refractivity contribution in [1.82, 2.24) is 4.57 Å². The number of aromatic nitrogens is 1. The summed E-state index contributed by atoms with van der Waals surface area (Å²) in [6.07, 6.45) is 0.169. The van der Waals surface area contributed by atoms with Gasteiger partial charge in [0.25, 0.3) is 0 Å². The van der Waals surface area contributed by atoms with Gasteiger partial charge in [0, 0.05) is 67.7 Å². The van der Waals surface area contributed by atoms with Crippen LogP contribution < -0.4 is 58.3 Å². The molecule has 0 N–H and O–H groups in total. The molecule has 1 aromatic heterocycles. The average Bonchev–Trinajstić information content (AvgIpc) is 3.52. The van der Waals surface area contributed by atoms with Gasteiger partial charge in [-0.05, 0) is 147 Å². The first-order valence-electron chi connectivity index (χ1n) is 17.8. The first-order chi connectivity index (χ1) is 26.6. The van der Waals surface area contributed by atoms with Crippen LogP contribution in [0, 0.1) is 0 Å². The molecule has 6 aromatic carbocycles. The number of methoxy groups -OCH3 is 4. The van der Waals surface area contributed by atoms with Crippen LogP contribution in [0.5, 0.6) is 23.0 Å². The number of benzene rings is 6. The summed E-state index contributed by atoms with van der Waals surface area (Å²) in [7, 11) is 2.12. The molecule has 1 atom stereocenters. The SMILES string of the molecule is COc1ccc(N(c2ccc(OC)cc2)c2ccc3c(c2)c2cc(N(c4ccc(OC)cc4)c4ccc(OC)cc4)ccc2n3CCC(C)S(=O)(=O)[O-])cc1.[Na+]. The molecule has 0 saturated heterocycles. The zero-order chi connectivity index (χ0) is 38.7. The molecule has 12 heteroatoms. The molecule has 0 bridgehead atoms. The Morgan fingerprint density at radius 3 is 1.07 bits per heavy atom. The maximum absolute atomic E-state index is 12.0. The van der Waals surface area contributed by atoms with E-state index >= 15 is 0 Å². The second-order valence-electron chi connectivity index (χ2n) is 13.1. The number of hydrogen-bond acceptors (Lipinski definition) is 9. The summed E-state index contributed by atoms with van der Waals surface area (Å²) in [5.41, 5.74) is 7.34. The molecule has 7 rings (SSSR count). The number of nitrogens with zero attached hydrogens (tertiary/aromatic N) is 3. The zero-order valence-corrected chi connectivity index (χ0v) is 35.1. The molecule has 0 aliphatic carbocycles. The average molecular weight is 780 g/mol. The van der Waals surface area contributed by atoms with Crippen molar-refractivity contribution in [2.24, 2.45) is 0 Å². The summed E-state index contributed by atoms with van der Waals surface area (Å²) < 4.78 is 59.8. The molecule has 56 heavy (non-hydrogen) atoms. The summed E-state index contributed by atoms with van der Waals surface area (Å²) >= 11 is 0. The van der Waals surface area contributed by atoms with Crippen molar-refractivity contribution in [2.75, 3.05) is 38.2 Å². The first-order valence-corrected chi connectivity index (χ1v) is 19.3. The normalized spacial score (nSPS) is 11.8. The maximum atomic E-state index is 12.0. The van der Waals surface area contributed by atoms with E-state index in [2.05, 4.69) is 50.8 Å². The Morgan fingerprint density at radius 1 is 0.518 bits per heavy atom. The van der Waals surface area contributed by atoms with Gasteiger partial charge in [-0.15, -0.1) is 0 Å². The Labute approximate surface area is 349 Å². The quantitative estimate of drug-likeness (QED) is 0.0845. The third-order valence-electron chi connectivity index (χ3n) is 9.92. The van der Waals surface area contributed by atoms with Gasteiger partial charge < -0.3 is 37.9 Å². The van der Waals surface area contributed by atoms with Gasteiger partial charge in [-0.1, -0.05) is 0 Å². The molecule has 7 aromatic rings. The van der Waals surface area contributed by atoms with Crippen molar-refractivity contribution in [3.8, 4) is 23.0 Å². The fourth-order valence-electron chi connectivity index (χ4n) is 6.87. The van der Waals surface area contributed by atoms with Crippen LogP contribution >= 0.6 is 0 Å². The van der Waals surface area contributed by atoms with E-state index in [0.29, 0.717) is 6.54 Å². The molecular weight excluding hydrogens is 738 g/mol. The van der Waals surface area contributed by atoms with Crippen molar-refractivity contribution >= 4 is 66.0 Å². The Hall–Kier alpha value is -5.17. The Morgan fingerprint density at radius 2 is 0.804 bits per heavy atom. The minimum absolute atomic E-state index is 0. The van der Waals surface area contributed by atoms with E-state index in [0.717, 1.165) is 78.9 Å². The molecule has 282 valence electrons. The van der Waals surface area contributed by atoms with E-state index in [1.54, 1.807) is 28.4 Å². The van der Waals surface area contributed by atoms with Gasteiger partial charge in [0.15, 0.2) is 0 Å². The fraction of sp³-hybridized carbons (Fsp3) is 0.182. The monoisotopic (exact) mass is 779 g/mol. The van der Waals surface area contributed by atoms with Gasteiger partial charge in [0.05, 0.1) is 38.6 Å². The Balaban J connectivity index is 0.00000532. The summed E-state index contributed by atoms with van der Waals surface area (Å²) in [6, 6.07) is 44.1. The van der Waals surface area contributed by atoms with E-state index < -0.39 is 15.4 Å². The van der Waals surface area contributed by atoms with E-state index in [4.69, 9.17) is 18.9 Å². The first kappa shape index (κ1) is 40.5. The van der Waals surface area contributed by atoms with Crippen LogP contribution in [-0.4, -0.2) is 51.2 Å². The molecular formula is C44H42N3NaO7S. The molecule has 0 aliphatic heterocycles. The second kappa shape index (κ2) is 17.3. The van der Waals surface area contributed by atoms with Gasteiger partial charge in [-0.3, -0.25) is 0 Å². The van der Waals surface area contributed by atoms with Crippen molar-refractivity contribution in [1.29, 1.82) is 0 Å². The van der Waals surface area contributed by atoms with Crippen LogP contribution in [0.4, 0.5) is 34.1 Å². The van der Waals surface area contributed by atoms with E-state index in [1.165, 1.54) is 6.92 Å². The number of fused-ring (bicyclic) bond motifs is 3. The molecule has 0 saturated carbocycles. The second-order valence-corrected chi connectivity index (χ2v) is 14.9. The van der Waals surface area contributed by atoms with Crippen molar-refractivity contribution in [2.45, 2.75) is 25.1 Å². The van der Waals surface area contributed by atoms with Crippen molar-refractivity contribution in [3.05, 3.63) is 133 Å². The zero-order valence-electron chi connectivity index (χ0n) is 32.3. The third kappa shape index (κ3) is 8.33. The predicted molar refractivity (Wildman–Crippen MR) is 219 cm³/mol. The minimum atomic E-state index is -4.45. The fourth-order valence-corrected chi connectivity index (χ4v) is 7.27. The number of aryl methyl sites for hydroxylation is 1. The van der Waals surface area contributed by atoms with Crippen LogP contribution in [0.3, 0.4) is 0 Å². The Kier molecular flexibility index (Phi) is 12.5. The van der Waals surface area contributed by atoms with E-state index in [1.807, 2.05) is 97.1 Å². The van der Waals surface area contributed by atoms with E-state index in [-0.39, 0.29) is 36.0 Å². The van der Waals surface area contributed by atoms with Gasteiger partial charge in [-0.2, -0.15) is 0 Å². The number of ether oxygens (including phenoxy) is 4. The standard InChI is InChI=1S/C44H43N3O7S.Na/c1-30(55(48,49)50)26-27-45-43-24-14-35(46(31-6-16-37(51-2)17-7-31)32-8-18-38(52-3)19-9-32)28-41(43)42-29-36(15-25-44(42)45)47(33-10-20-39(53-4)21-11-33)34-12-22-40(54-5)23-13-34;/h6-25,28-30H,26-27H2,1-5H3,(H,48,49,50);/q;+1/p-1. The van der Waals surface area contributed by atoms with Gasteiger partial charge in [0.1, 0.15) is 23.0 Å². The molecule has 0 spiro atoms. The molecule has 0 amide bonds. The Bertz CT molecular complexity index is 2270. The van der Waals surface area contributed by atoms with Gasteiger partial charge in [0.2, 0.25) is 0 Å². The number of rotatable bonds is 14. The number of anilines is 6. The topological polar surface area (TPSA) is 106 Å². The van der Waals surface area contributed by atoms with Crippen LogP contribution in [0.15, 0.2) is 133 Å². The summed E-state index contributed by atoms with van der Waals surface area (Å²) in [5.74, 6) is 2.99. The van der Waals surface area contributed by atoms with Crippen LogP contribution in [-0.2, 0) is 16.7 Å². The largest absolute Gasteiger partial charge is 1.00 e. The van der Waals surface area contributed by atoms with Gasteiger partial charge in [-0.25, -0.2) is 8.42 Å². The molecule has 0 aliphatic rings. The molecule has 1 heterocycles. The minimum Gasteiger partial charge on any atom is -0.748 e. The predicted octanol–water partition coefficient (Wildman–Crippen LogP) is 7.10. The summed E-state index contributed by atoms with van der Waals surface area (Å²) in [4.78, 5) is 4.33. The molecule has 0 fully saturated rings. The maximum Gasteiger partial charge on any atom is 1.00 e. The smallest absolute Gasteiger partial charge is 0.748 e. The van der Waals surface area contributed by atoms with Gasteiger partial charge >= 0.3 is 29.6 Å². The third-order valence-corrected chi connectivity index (χ3v) is 11.1. The van der Waals surface area contributed by atoms with Crippen LogP contribution in [0.25, 0.3) is 21.8 Å². The van der Waals surface area contributed by atoms with Crippen molar-refractivity contribution in [3.63, 3.8) is 0 Å². The van der Waals surface area contributed by atoms with Crippen LogP contribution in [0.2, 0.25) is 0 Å².